The Bertz CT molecular complexity index is 265. The van der Waals surface area contributed by atoms with Crippen LogP contribution in [0, 0.1) is 5.41 Å². The quantitative estimate of drug-likeness (QED) is 0.811. The van der Waals surface area contributed by atoms with E-state index < -0.39 is 0 Å². The van der Waals surface area contributed by atoms with Gasteiger partial charge in [0.15, 0.2) is 0 Å². The minimum Gasteiger partial charge on any atom is -0.393 e. The molecule has 2 aliphatic heterocycles. The van der Waals surface area contributed by atoms with Crippen LogP contribution >= 0.6 is 0 Å². The predicted molar refractivity (Wildman–Crippen MR) is 71.1 cm³/mol. The summed E-state index contributed by atoms with van der Waals surface area (Å²) in [5, 5.41) is 9.85. The van der Waals surface area contributed by atoms with E-state index in [-0.39, 0.29) is 11.5 Å². The molecule has 1 N–H and O–H groups in total. The van der Waals surface area contributed by atoms with Crippen LogP contribution in [0.2, 0.25) is 0 Å². The van der Waals surface area contributed by atoms with Crippen molar-refractivity contribution in [1.82, 2.24) is 9.80 Å². The topological polar surface area (TPSA) is 26.7 Å². The second-order valence-electron chi connectivity index (χ2n) is 6.73. The van der Waals surface area contributed by atoms with Crippen LogP contribution in [0.3, 0.4) is 0 Å². The molecular formula is C14H28N2O. The van der Waals surface area contributed by atoms with E-state index in [0.717, 1.165) is 12.6 Å². The molecule has 3 heteroatoms. The lowest BCUT2D eigenvalue weighted by molar-refractivity contribution is -0.00984. The van der Waals surface area contributed by atoms with Crippen molar-refractivity contribution < 1.29 is 5.11 Å². The molecule has 3 nitrogen and oxygen atoms in total. The third-order valence-corrected chi connectivity index (χ3v) is 4.81. The number of rotatable bonds is 3. The fourth-order valence-electron chi connectivity index (χ4n) is 3.12. The largest absolute Gasteiger partial charge is 0.393 e. The number of aliphatic hydroxyl groups excluding tert-OH is 1. The Balaban J connectivity index is 1.97. The average Bonchev–Trinajstić information content (AvgIpc) is 2.64. The van der Waals surface area contributed by atoms with E-state index in [0.29, 0.717) is 6.04 Å². The van der Waals surface area contributed by atoms with Crippen molar-refractivity contribution in [3.63, 3.8) is 0 Å². The normalized spacial score (nSPS) is 33.7. The van der Waals surface area contributed by atoms with Gasteiger partial charge in [-0.15, -0.1) is 0 Å². The van der Waals surface area contributed by atoms with E-state index in [1.54, 1.807) is 0 Å². The maximum Gasteiger partial charge on any atom is 0.0575 e. The van der Waals surface area contributed by atoms with Gasteiger partial charge in [0.2, 0.25) is 0 Å². The van der Waals surface area contributed by atoms with Gasteiger partial charge in [0, 0.05) is 37.1 Å². The lowest BCUT2D eigenvalue weighted by Crippen LogP contribution is -2.57. The van der Waals surface area contributed by atoms with E-state index in [9.17, 15) is 5.11 Å². The summed E-state index contributed by atoms with van der Waals surface area (Å²) in [5.41, 5.74) is -0.00493. The molecule has 0 aromatic heterocycles. The summed E-state index contributed by atoms with van der Waals surface area (Å²) in [6.45, 7) is 13.3. The number of aliphatic hydroxyl groups is 1. The van der Waals surface area contributed by atoms with Gasteiger partial charge >= 0.3 is 0 Å². The summed E-state index contributed by atoms with van der Waals surface area (Å²) >= 11 is 0. The average molecular weight is 240 g/mol. The second kappa shape index (κ2) is 4.87. The molecule has 0 radical (unpaired) electrons. The third-order valence-electron chi connectivity index (χ3n) is 4.81. The van der Waals surface area contributed by atoms with Crippen LogP contribution in [0.1, 0.15) is 40.5 Å². The number of hydrogen-bond acceptors (Lipinski definition) is 3. The summed E-state index contributed by atoms with van der Waals surface area (Å²) in [6.07, 6.45) is 2.49. The van der Waals surface area contributed by atoms with Crippen molar-refractivity contribution in [2.45, 2.75) is 58.7 Å². The molecule has 2 heterocycles. The molecule has 0 aliphatic carbocycles. The summed E-state index contributed by atoms with van der Waals surface area (Å²) < 4.78 is 0. The first kappa shape index (κ1) is 13.3. The smallest absolute Gasteiger partial charge is 0.0575 e. The second-order valence-corrected chi connectivity index (χ2v) is 6.73. The van der Waals surface area contributed by atoms with E-state index in [2.05, 4.69) is 30.6 Å². The summed E-state index contributed by atoms with van der Waals surface area (Å²) in [7, 11) is 0. The SMILES string of the molecule is CC1CN2CCCC2CN1CC(C)(C)C(C)O. The van der Waals surface area contributed by atoms with Gasteiger partial charge in [-0.3, -0.25) is 9.80 Å². The van der Waals surface area contributed by atoms with Crippen LogP contribution in [0.25, 0.3) is 0 Å². The van der Waals surface area contributed by atoms with Crippen LogP contribution < -0.4 is 0 Å². The molecule has 0 aromatic rings. The highest BCUT2D eigenvalue weighted by molar-refractivity contribution is 4.92. The van der Waals surface area contributed by atoms with Crippen molar-refractivity contribution in [3.05, 3.63) is 0 Å². The Kier molecular flexibility index (Phi) is 3.81. The van der Waals surface area contributed by atoms with Crippen molar-refractivity contribution in [3.8, 4) is 0 Å². The number of fused-ring (bicyclic) bond motifs is 1. The van der Waals surface area contributed by atoms with Crippen molar-refractivity contribution in [2.24, 2.45) is 5.41 Å². The summed E-state index contributed by atoms with van der Waals surface area (Å²) in [4.78, 5) is 5.23. The zero-order valence-corrected chi connectivity index (χ0v) is 11.8. The van der Waals surface area contributed by atoms with Gasteiger partial charge in [-0.05, 0) is 33.2 Å². The Hall–Kier alpha value is -0.120. The van der Waals surface area contributed by atoms with Crippen molar-refractivity contribution >= 4 is 0 Å². The van der Waals surface area contributed by atoms with E-state index in [4.69, 9.17) is 0 Å². The van der Waals surface area contributed by atoms with Gasteiger partial charge in [-0.2, -0.15) is 0 Å². The molecule has 2 fully saturated rings. The molecule has 0 saturated carbocycles. The zero-order valence-electron chi connectivity index (χ0n) is 11.8. The third kappa shape index (κ3) is 2.83. The predicted octanol–water partition coefficient (Wildman–Crippen LogP) is 1.56. The number of nitrogens with zero attached hydrogens (tertiary/aromatic N) is 2. The van der Waals surface area contributed by atoms with Crippen LogP contribution in [0.15, 0.2) is 0 Å². The highest BCUT2D eigenvalue weighted by Gasteiger charge is 2.37. The first-order chi connectivity index (χ1) is 7.90. The maximum absolute atomic E-state index is 9.85. The van der Waals surface area contributed by atoms with E-state index in [1.165, 1.54) is 32.5 Å². The van der Waals surface area contributed by atoms with Crippen LogP contribution in [-0.4, -0.2) is 59.3 Å². The Morgan fingerprint density at radius 3 is 2.71 bits per heavy atom. The molecule has 0 spiro atoms. The molecular weight excluding hydrogens is 212 g/mol. The first-order valence-corrected chi connectivity index (χ1v) is 7.06. The maximum atomic E-state index is 9.85. The molecule has 0 aromatic carbocycles. The highest BCUT2D eigenvalue weighted by Crippen LogP contribution is 2.29. The zero-order chi connectivity index (χ0) is 12.6. The molecule has 0 bridgehead atoms. The van der Waals surface area contributed by atoms with Crippen LogP contribution in [-0.2, 0) is 0 Å². The van der Waals surface area contributed by atoms with Crippen molar-refractivity contribution in [2.75, 3.05) is 26.2 Å². The lowest BCUT2D eigenvalue weighted by Gasteiger charge is -2.45. The summed E-state index contributed by atoms with van der Waals surface area (Å²) in [5.74, 6) is 0. The number of piperazine rings is 1. The van der Waals surface area contributed by atoms with Gasteiger partial charge in [-0.25, -0.2) is 0 Å². The van der Waals surface area contributed by atoms with Gasteiger partial charge < -0.3 is 5.11 Å². The molecule has 17 heavy (non-hydrogen) atoms. The Labute approximate surface area is 106 Å². The molecule has 2 saturated heterocycles. The number of hydrogen-bond donors (Lipinski definition) is 1. The van der Waals surface area contributed by atoms with Crippen LogP contribution in [0.4, 0.5) is 0 Å². The molecule has 100 valence electrons. The van der Waals surface area contributed by atoms with Gasteiger partial charge in [0.1, 0.15) is 0 Å². The standard InChI is InChI=1S/C14H28N2O/c1-11-8-15-7-5-6-13(15)9-16(11)10-14(3,4)12(2)17/h11-13,17H,5-10H2,1-4H3. The Morgan fingerprint density at radius 2 is 2.06 bits per heavy atom. The van der Waals surface area contributed by atoms with E-state index >= 15 is 0 Å². The first-order valence-electron chi connectivity index (χ1n) is 7.06. The summed E-state index contributed by atoms with van der Waals surface area (Å²) in [6, 6.07) is 1.40. The highest BCUT2D eigenvalue weighted by atomic mass is 16.3. The van der Waals surface area contributed by atoms with Gasteiger partial charge in [0.05, 0.1) is 6.10 Å². The van der Waals surface area contributed by atoms with Crippen molar-refractivity contribution in [1.29, 1.82) is 0 Å². The van der Waals surface area contributed by atoms with Gasteiger partial charge in [0.25, 0.3) is 0 Å². The monoisotopic (exact) mass is 240 g/mol. The Morgan fingerprint density at radius 1 is 1.35 bits per heavy atom. The fraction of sp³-hybridized carbons (Fsp3) is 1.00. The molecule has 2 rings (SSSR count). The fourth-order valence-corrected chi connectivity index (χ4v) is 3.12. The molecule has 3 atom stereocenters. The molecule has 2 aliphatic rings. The minimum atomic E-state index is -0.240. The van der Waals surface area contributed by atoms with Gasteiger partial charge in [-0.1, -0.05) is 13.8 Å². The molecule has 3 unspecified atom stereocenters. The van der Waals surface area contributed by atoms with E-state index in [1.807, 2.05) is 6.92 Å². The molecule has 0 amide bonds. The lowest BCUT2D eigenvalue weighted by atomic mass is 9.86. The minimum absolute atomic E-state index is 0.00493. The van der Waals surface area contributed by atoms with Crippen LogP contribution in [0.5, 0.6) is 0 Å².